The first kappa shape index (κ1) is 7.30. The van der Waals surface area contributed by atoms with Crippen molar-refractivity contribution in [2.24, 2.45) is 0 Å². The zero-order chi connectivity index (χ0) is 8.55. The van der Waals surface area contributed by atoms with E-state index in [2.05, 4.69) is 0 Å². The Morgan fingerprint density at radius 2 is 2.17 bits per heavy atom. The van der Waals surface area contributed by atoms with Gasteiger partial charge < -0.3 is 0 Å². The quantitative estimate of drug-likeness (QED) is 0.572. The Balaban J connectivity index is 2.60. The van der Waals surface area contributed by atoms with E-state index in [1.54, 1.807) is 6.07 Å². The molecule has 60 valence electrons. The highest BCUT2D eigenvalue weighted by Gasteiger charge is 2.15. The third kappa shape index (κ3) is 0.984. The van der Waals surface area contributed by atoms with Crippen molar-refractivity contribution in [3.63, 3.8) is 0 Å². The van der Waals surface area contributed by atoms with Crippen LogP contribution in [0.25, 0.3) is 0 Å². The maximum atomic E-state index is 13.2. The topological polar surface area (TPSA) is 23.8 Å². The van der Waals surface area contributed by atoms with Gasteiger partial charge in [0.1, 0.15) is 5.82 Å². The number of benzene rings is 1. The van der Waals surface area contributed by atoms with Crippen molar-refractivity contribution in [3.8, 4) is 6.07 Å². The first-order chi connectivity index (χ1) is 5.81. The first-order valence-electron chi connectivity index (χ1n) is 4.02. The minimum Gasteiger partial charge on any atom is -0.207 e. The van der Waals surface area contributed by atoms with Gasteiger partial charge in [-0.15, -0.1) is 0 Å². The van der Waals surface area contributed by atoms with E-state index in [0.717, 1.165) is 30.4 Å². The SMILES string of the molecule is N#Cc1cc(F)c2c(c1)CCC2. The van der Waals surface area contributed by atoms with Crippen LogP contribution in [-0.4, -0.2) is 0 Å². The number of nitrogens with zero attached hydrogens (tertiary/aromatic N) is 1. The predicted molar refractivity (Wildman–Crippen MR) is 43.1 cm³/mol. The summed E-state index contributed by atoms with van der Waals surface area (Å²) < 4.78 is 13.2. The number of fused-ring (bicyclic) bond motifs is 1. The van der Waals surface area contributed by atoms with Crippen molar-refractivity contribution < 1.29 is 4.39 Å². The van der Waals surface area contributed by atoms with E-state index in [-0.39, 0.29) is 5.82 Å². The van der Waals surface area contributed by atoms with E-state index in [9.17, 15) is 4.39 Å². The molecule has 2 heteroatoms. The number of hydrogen-bond acceptors (Lipinski definition) is 1. The number of rotatable bonds is 0. The van der Waals surface area contributed by atoms with Gasteiger partial charge in [-0.25, -0.2) is 4.39 Å². The predicted octanol–water partition coefficient (Wildman–Crippen LogP) is 2.19. The van der Waals surface area contributed by atoms with Gasteiger partial charge in [-0.05, 0) is 42.5 Å². The van der Waals surface area contributed by atoms with Gasteiger partial charge in [-0.1, -0.05) is 0 Å². The van der Waals surface area contributed by atoms with Crippen molar-refractivity contribution in [1.29, 1.82) is 5.26 Å². The van der Waals surface area contributed by atoms with Gasteiger partial charge in [0.05, 0.1) is 11.6 Å². The maximum Gasteiger partial charge on any atom is 0.127 e. The van der Waals surface area contributed by atoms with Crippen LogP contribution in [0.15, 0.2) is 12.1 Å². The molecule has 0 unspecified atom stereocenters. The lowest BCUT2D eigenvalue weighted by molar-refractivity contribution is 0.612. The molecule has 0 saturated carbocycles. The average molecular weight is 161 g/mol. The molecule has 1 aromatic rings. The summed E-state index contributed by atoms with van der Waals surface area (Å²) in [5.41, 5.74) is 2.27. The zero-order valence-electron chi connectivity index (χ0n) is 6.60. The Kier molecular flexibility index (Phi) is 1.58. The highest BCUT2D eigenvalue weighted by molar-refractivity contribution is 5.41. The van der Waals surface area contributed by atoms with E-state index in [1.165, 1.54) is 6.07 Å². The molecule has 0 heterocycles. The first-order valence-corrected chi connectivity index (χ1v) is 4.02. The monoisotopic (exact) mass is 161 g/mol. The van der Waals surface area contributed by atoms with E-state index in [1.807, 2.05) is 6.07 Å². The fourth-order valence-electron chi connectivity index (χ4n) is 1.72. The zero-order valence-corrected chi connectivity index (χ0v) is 6.60. The number of nitriles is 1. The minimum atomic E-state index is -0.207. The normalized spacial score (nSPS) is 14.0. The highest BCUT2D eigenvalue weighted by atomic mass is 19.1. The van der Waals surface area contributed by atoms with E-state index < -0.39 is 0 Å². The summed E-state index contributed by atoms with van der Waals surface area (Å²) in [7, 11) is 0. The molecule has 0 radical (unpaired) electrons. The lowest BCUT2D eigenvalue weighted by atomic mass is 10.1. The Morgan fingerprint density at radius 1 is 1.33 bits per heavy atom. The van der Waals surface area contributed by atoms with E-state index >= 15 is 0 Å². The molecule has 0 amide bonds. The molecule has 0 fully saturated rings. The molecule has 2 rings (SSSR count). The van der Waals surface area contributed by atoms with Crippen LogP contribution in [0, 0.1) is 17.1 Å². The largest absolute Gasteiger partial charge is 0.207 e. The molecule has 1 aromatic carbocycles. The molecule has 0 bridgehead atoms. The van der Waals surface area contributed by atoms with Crippen LogP contribution in [0.1, 0.15) is 23.1 Å². The van der Waals surface area contributed by atoms with Crippen molar-refractivity contribution in [2.45, 2.75) is 19.3 Å². The summed E-state index contributed by atoms with van der Waals surface area (Å²) in [5, 5.41) is 8.58. The van der Waals surface area contributed by atoms with Crippen molar-refractivity contribution >= 4 is 0 Å². The summed E-state index contributed by atoms with van der Waals surface area (Å²) in [6, 6.07) is 5.08. The van der Waals surface area contributed by atoms with E-state index in [0.29, 0.717) is 5.56 Å². The van der Waals surface area contributed by atoms with Crippen LogP contribution in [0.5, 0.6) is 0 Å². The average Bonchev–Trinajstić information content (AvgIpc) is 2.52. The Hall–Kier alpha value is -1.36. The molecule has 1 aliphatic carbocycles. The highest BCUT2D eigenvalue weighted by Crippen LogP contribution is 2.25. The number of halogens is 1. The Bertz CT molecular complexity index is 363. The molecule has 1 nitrogen and oxygen atoms in total. The third-order valence-electron chi connectivity index (χ3n) is 2.29. The second kappa shape index (κ2) is 2.60. The van der Waals surface area contributed by atoms with Crippen LogP contribution < -0.4 is 0 Å². The molecule has 12 heavy (non-hydrogen) atoms. The maximum absolute atomic E-state index is 13.2. The molecule has 0 aliphatic heterocycles. The lowest BCUT2D eigenvalue weighted by Gasteiger charge is -2.00. The van der Waals surface area contributed by atoms with Crippen molar-refractivity contribution in [3.05, 3.63) is 34.6 Å². The van der Waals surface area contributed by atoms with Gasteiger partial charge in [0.25, 0.3) is 0 Å². The van der Waals surface area contributed by atoms with Crippen LogP contribution in [0.4, 0.5) is 4.39 Å². The molecule has 1 aliphatic rings. The molecule has 0 saturated heterocycles. The van der Waals surface area contributed by atoms with Crippen molar-refractivity contribution in [1.82, 2.24) is 0 Å². The van der Waals surface area contributed by atoms with Gasteiger partial charge in [-0.2, -0.15) is 5.26 Å². The lowest BCUT2D eigenvalue weighted by Crippen LogP contribution is -1.90. The van der Waals surface area contributed by atoms with E-state index in [4.69, 9.17) is 5.26 Å². The second-order valence-corrected chi connectivity index (χ2v) is 3.06. The van der Waals surface area contributed by atoms with Gasteiger partial charge in [0, 0.05) is 0 Å². The molecular formula is C10H8FN. The Morgan fingerprint density at radius 3 is 2.92 bits per heavy atom. The van der Waals surface area contributed by atoms with Crippen LogP contribution in [0.3, 0.4) is 0 Å². The summed E-state index contributed by atoms with van der Waals surface area (Å²) in [5.74, 6) is -0.207. The summed E-state index contributed by atoms with van der Waals surface area (Å²) in [6.07, 6.45) is 2.76. The Labute approximate surface area is 70.4 Å². The second-order valence-electron chi connectivity index (χ2n) is 3.06. The molecule has 0 atom stereocenters. The van der Waals surface area contributed by atoms with Crippen LogP contribution in [-0.2, 0) is 12.8 Å². The third-order valence-corrected chi connectivity index (χ3v) is 2.29. The van der Waals surface area contributed by atoms with Gasteiger partial charge >= 0.3 is 0 Å². The smallest absolute Gasteiger partial charge is 0.127 e. The molecular weight excluding hydrogens is 153 g/mol. The van der Waals surface area contributed by atoms with Gasteiger partial charge in [0.15, 0.2) is 0 Å². The summed E-state index contributed by atoms with van der Waals surface area (Å²) in [4.78, 5) is 0. The number of aryl methyl sites for hydroxylation is 1. The fourth-order valence-corrected chi connectivity index (χ4v) is 1.72. The summed E-state index contributed by atoms with van der Waals surface area (Å²) in [6.45, 7) is 0. The molecule has 0 spiro atoms. The molecule has 0 aromatic heterocycles. The van der Waals surface area contributed by atoms with Crippen molar-refractivity contribution in [2.75, 3.05) is 0 Å². The number of hydrogen-bond donors (Lipinski definition) is 0. The van der Waals surface area contributed by atoms with Gasteiger partial charge in [-0.3, -0.25) is 0 Å². The molecule has 0 N–H and O–H groups in total. The van der Waals surface area contributed by atoms with Gasteiger partial charge in [0.2, 0.25) is 0 Å². The van der Waals surface area contributed by atoms with Crippen LogP contribution >= 0.6 is 0 Å². The summed E-state index contributed by atoms with van der Waals surface area (Å²) >= 11 is 0. The fraction of sp³-hybridized carbons (Fsp3) is 0.300. The van der Waals surface area contributed by atoms with Crippen LogP contribution in [0.2, 0.25) is 0 Å². The minimum absolute atomic E-state index is 0.207. The standard InChI is InChI=1S/C10H8FN/c11-10-5-7(6-12)4-8-2-1-3-9(8)10/h4-5H,1-3H2.